The van der Waals surface area contributed by atoms with Gasteiger partial charge in [-0.2, -0.15) is 5.10 Å². The van der Waals surface area contributed by atoms with Crippen LogP contribution >= 0.6 is 11.6 Å². The summed E-state index contributed by atoms with van der Waals surface area (Å²) in [5.41, 5.74) is 0.367. The van der Waals surface area contributed by atoms with E-state index in [0.717, 1.165) is 18.2 Å². The molecule has 0 aliphatic heterocycles. The molecule has 150 valence electrons. The van der Waals surface area contributed by atoms with Crippen LogP contribution in [-0.4, -0.2) is 27.5 Å². The van der Waals surface area contributed by atoms with Gasteiger partial charge in [0.2, 0.25) is 0 Å². The topological polar surface area (TPSA) is 88.2 Å². The molecule has 0 saturated heterocycles. The van der Waals surface area contributed by atoms with Crippen molar-refractivity contribution in [3.8, 4) is 5.75 Å². The Morgan fingerprint density at radius 3 is 2.45 bits per heavy atom. The van der Waals surface area contributed by atoms with E-state index >= 15 is 0 Å². The minimum atomic E-state index is -4.83. The molecule has 0 aliphatic rings. The third-order valence-corrected chi connectivity index (χ3v) is 3.86. The van der Waals surface area contributed by atoms with E-state index in [0.29, 0.717) is 5.56 Å². The summed E-state index contributed by atoms with van der Waals surface area (Å²) in [6, 6.07) is 10.3. The number of hydrogen-bond acceptors (Lipinski definition) is 5. The summed E-state index contributed by atoms with van der Waals surface area (Å²) in [4.78, 5) is 29.3. The van der Waals surface area contributed by atoms with E-state index in [1.807, 2.05) is 0 Å². The zero-order valence-corrected chi connectivity index (χ0v) is 15.2. The first kappa shape index (κ1) is 20.3. The van der Waals surface area contributed by atoms with Gasteiger partial charge in [-0.1, -0.05) is 11.6 Å². The molecule has 3 rings (SSSR count). The number of halogens is 4. The predicted octanol–water partition coefficient (Wildman–Crippen LogP) is 3.56. The van der Waals surface area contributed by atoms with Crippen molar-refractivity contribution >= 4 is 23.2 Å². The first-order chi connectivity index (χ1) is 13.7. The molecule has 0 saturated carbocycles. The minimum Gasteiger partial charge on any atom is -0.406 e. The Balaban J connectivity index is 1.94. The molecule has 3 aromatic rings. The highest BCUT2D eigenvalue weighted by molar-refractivity contribution is 6.29. The molecule has 0 bridgehead atoms. The number of nitrogens with zero attached hydrogens (tertiary/aromatic N) is 3. The Bertz CT molecular complexity index is 1050. The quantitative estimate of drug-likeness (QED) is 0.633. The third kappa shape index (κ3) is 5.55. The number of aromatic nitrogens is 3. The maximum Gasteiger partial charge on any atom is 0.573 e. The lowest BCUT2D eigenvalue weighted by Gasteiger charge is -2.23. The van der Waals surface area contributed by atoms with Crippen molar-refractivity contribution < 1.29 is 22.7 Å². The highest BCUT2D eigenvalue weighted by Crippen LogP contribution is 2.27. The Kier molecular flexibility index (Phi) is 5.83. The number of nitrogens with one attached hydrogen (secondary N) is 1. The SMILES string of the molecule is O=C(c1ccc(=O)[nH]n1)N(Cc1ccnc(Cl)c1)c1ccc(OC(F)(F)F)cc1. The van der Waals surface area contributed by atoms with Crippen LogP contribution in [-0.2, 0) is 6.54 Å². The number of benzene rings is 1. The fourth-order valence-corrected chi connectivity index (χ4v) is 2.63. The van der Waals surface area contributed by atoms with Crippen LogP contribution in [0.3, 0.4) is 0 Å². The number of aromatic amines is 1. The molecule has 2 heterocycles. The van der Waals surface area contributed by atoms with Crippen LogP contribution < -0.4 is 15.2 Å². The van der Waals surface area contributed by atoms with Gasteiger partial charge in [-0.25, -0.2) is 10.1 Å². The third-order valence-electron chi connectivity index (χ3n) is 3.66. The molecule has 1 amide bonds. The Hall–Kier alpha value is -3.40. The first-order valence-corrected chi connectivity index (χ1v) is 8.43. The standard InChI is InChI=1S/C18H12ClF3N4O3/c19-15-9-11(7-8-23-15)10-26(17(28)14-5-6-16(27)25-24-14)12-1-3-13(4-2-12)29-18(20,21)22/h1-9H,10H2,(H,25,27). The number of pyridine rings is 1. The van der Waals surface area contributed by atoms with Crippen LogP contribution in [0.5, 0.6) is 5.75 Å². The largest absolute Gasteiger partial charge is 0.573 e. The molecule has 0 radical (unpaired) electrons. The van der Waals surface area contributed by atoms with Crippen molar-refractivity contribution in [2.24, 2.45) is 0 Å². The van der Waals surface area contributed by atoms with Crippen molar-refractivity contribution in [3.05, 3.63) is 81.5 Å². The smallest absolute Gasteiger partial charge is 0.406 e. The fourth-order valence-electron chi connectivity index (χ4n) is 2.43. The lowest BCUT2D eigenvalue weighted by atomic mass is 10.2. The minimum absolute atomic E-state index is 0.0291. The normalized spacial score (nSPS) is 11.2. The molecule has 0 aliphatic carbocycles. The van der Waals surface area contributed by atoms with E-state index in [1.165, 1.54) is 29.3 Å². The maximum atomic E-state index is 12.9. The zero-order chi connectivity index (χ0) is 21.0. The van der Waals surface area contributed by atoms with E-state index in [-0.39, 0.29) is 23.1 Å². The van der Waals surface area contributed by atoms with Crippen LogP contribution in [0.25, 0.3) is 0 Å². The molecule has 29 heavy (non-hydrogen) atoms. The average molecular weight is 425 g/mol. The molecule has 0 atom stereocenters. The molecule has 1 aromatic carbocycles. The van der Waals surface area contributed by atoms with Gasteiger partial charge in [0.1, 0.15) is 16.6 Å². The van der Waals surface area contributed by atoms with Gasteiger partial charge in [0.25, 0.3) is 11.5 Å². The summed E-state index contributed by atoms with van der Waals surface area (Å²) in [6.45, 7) is 0.0291. The van der Waals surface area contributed by atoms with Crippen molar-refractivity contribution in [2.45, 2.75) is 12.9 Å². The Morgan fingerprint density at radius 2 is 1.86 bits per heavy atom. The van der Waals surface area contributed by atoms with Crippen LogP contribution in [0.2, 0.25) is 5.15 Å². The maximum absolute atomic E-state index is 12.9. The zero-order valence-electron chi connectivity index (χ0n) is 14.5. The number of alkyl halides is 3. The summed E-state index contributed by atoms with van der Waals surface area (Å²) < 4.78 is 40.9. The lowest BCUT2D eigenvalue weighted by molar-refractivity contribution is -0.274. The highest BCUT2D eigenvalue weighted by Gasteiger charge is 2.31. The number of amides is 1. The molecular formula is C18H12ClF3N4O3. The van der Waals surface area contributed by atoms with Crippen molar-refractivity contribution in [1.82, 2.24) is 15.2 Å². The molecule has 11 heteroatoms. The van der Waals surface area contributed by atoms with Gasteiger partial charge >= 0.3 is 6.36 Å². The van der Waals surface area contributed by atoms with Crippen LogP contribution in [0.15, 0.2) is 59.5 Å². The molecule has 0 unspecified atom stereocenters. The molecule has 2 aromatic heterocycles. The van der Waals surface area contributed by atoms with E-state index in [4.69, 9.17) is 11.6 Å². The summed E-state index contributed by atoms with van der Waals surface area (Å²) >= 11 is 5.88. The summed E-state index contributed by atoms with van der Waals surface area (Å²) in [5.74, 6) is -1.01. The van der Waals surface area contributed by atoms with E-state index in [9.17, 15) is 22.8 Å². The van der Waals surface area contributed by atoms with Crippen LogP contribution in [0.4, 0.5) is 18.9 Å². The van der Waals surface area contributed by atoms with Crippen molar-refractivity contribution in [1.29, 1.82) is 0 Å². The van der Waals surface area contributed by atoms with Gasteiger partial charge in [-0.15, -0.1) is 13.2 Å². The lowest BCUT2D eigenvalue weighted by Crippen LogP contribution is -2.32. The summed E-state index contributed by atoms with van der Waals surface area (Å²) in [6.07, 6.45) is -3.37. The van der Waals surface area contributed by atoms with E-state index in [1.54, 1.807) is 12.1 Å². The van der Waals surface area contributed by atoms with Crippen molar-refractivity contribution in [3.63, 3.8) is 0 Å². The highest BCUT2D eigenvalue weighted by atomic mass is 35.5. The molecule has 1 N–H and O–H groups in total. The Morgan fingerprint density at radius 1 is 1.14 bits per heavy atom. The van der Waals surface area contributed by atoms with Gasteiger partial charge in [-0.05, 0) is 48.0 Å². The van der Waals surface area contributed by atoms with E-state index < -0.39 is 23.6 Å². The molecule has 7 nitrogen and oxygen atoms in total. The van der Waals surface area contributed by atoms with E-state index in [2.05, 4.69) is 19.9 Å². The van der Waals surface area contributed by atoms with Gasteiger partial charge in [0.15, 0.2) is 0 Å². The number of carbonyl (C=O) groups is 1. The number of H-pyrrole nitrogens is 1. The van der Waals surface area contributed by atoms with Crippen LogP contribution in [0.1, 0.15) is 16.1 Å². The van der Waals surface area contributed by atoms with Crippen LogP contribution in [0, 0.1) is 0 Å². The Labute approximate surface area is 166 Å². The van der Waals surface area contributed by atoms with Gasteiger partial charge in [0, 0.05) is 18.0 Å². The van der Waals surface area contributed by atoms with Gasteiger partial charge in [-0.3, -0.25) is 9.59 Å². The number of hydrogen-bond donors (Lipinski definition) is 1. The predicted molar refractivity (Wildman–Crippen MR) is 97.7 cm³/mol. The summed E-state index contributed by atoms with van der Waals surface area (Å²) in [5, 5.41) is 6.09. The number of carbonyl (C=O) groups excluding carboxylic acids is 1. The monoisotopic (exact) mass is 424 g/mol. The first-order valence-electron chi connectivity index (χ1n) is 8.05. The van der Waals surface area contributed by atoms with Gasteiger partial charge < -0.3 is 9.64 Å². The second-order valence-corrected chi connectivity index (χ2v) is 6.11. The average Bonchev–Trinajstić information content (AvgIpc) is 2.66. The van der Waals surface area contributed by atoms with Gasteiger partial charge in [0.05, 0.1) is 6.54 Å². The fraction of sp³-hybridized carbons (Fsp3) is 0.111. The number of anilines is 1. The van der Waals surface area contributed by atoms with Crippen molar-refractivity contribution in [2.75, 3.05) is 4.90 Å². The molecule has 0 spiro atoms. The molecular weight excluding hydrogens is 413 g/mol. The molecule has 0 fully saturated rings. The second-order valence-electron chi connectivity index (χ2n) is 5.73. The number of ether oxygens (including phenoxy) is 1. The second kappa shape index (κ2) is 8.31. The number of rotatable bonds is 5. The summed E-state index contributed by atoms with van der Waals surface area (Å²) in [7, 11) is 0.